The van der Waals surface area contributed by atoms with Crippen molar-refractivity contribution in [2.75, 3.05) is 0 Å². The van der Waals surface area contributed by atoms with Crippen LogP contribution in [0.15, 0.2) is 46.5 Å². The molecule has 22 heavy (non-hydrogen) atoms. The Hall–Kier alpha value is -2.16. The highest BCUT2D eigenvalue weighted by molar-refractivity contribution is 7.89. The summed E-state index contributed by atoms with van der Waals surface area (Å²) < 4.78 is 29.0. The first-order valence-corrected chi connectivity index (χ1v) is 8.11. The highest BCUT2D eigenvalue weighted by Gasteiger charge is 2.12. The third-order valence-electron chi connectivity index (χ3n) is 3.00. The Balaban J connectivity index is 1.79. The molecular formula is C13H11ClN4O3S. The second kappa shape index (κ2) is 5.56. The van der Waals surface area contributed by atoms with E-state index in [9.17, 15) is 8.42 Å². The molecule has 0 aliphatic carbocycles. The summed E-state index contributed by atoms with van der Waals surface area (Å²) in [6, 6.07) is 3.20. The smallest absolute Gasteiger partial charge is 0.271 e. The van der Waals surface area contributed by atoms with Crippen LogP contribution in [0.25, 0.3) is 17.1 Å². The van der Waals surface area contributed by atoms with E-state index >= 15 is 0 Å². The van der Waals surface area contributed by atoms with Crippen LogP contribution in [0.3, 0.4) is 0 Å². The molecule has 3 aromatic rings. The molecule has 0 saturated heterocycles. The lowest BCUT2D eigenvalue weighted by molar-refractivity contribution is 0.450. The van der Waals surface area contributed by atoms with Crippen LogP contribution in [-0.2, 0) is 16.6 Å². The second-order valence-electron chi connectivity index (χ2n) is 4.52. The largest absolute Gasteiger partial charge is 0.451 e. The fraction of sp³-hybridized carbons (Fsp3) is 0.0769. The van der Waals surface area contributed by atoms with Crippen LogP contribution in [0, 0.1) is 0 Å². The van der Waals surface area contributed by atoms with Crippen molar-refractivity contribution < 1.29 is 12.8 Å². The monoisotopic (exact) mass is 338 g/mol. The minimum Gasteiger partial charge on any atom is -0.451 e. The van der Waals surface area contributed by atoms with Gasteiger partial charge in [0, 0.05) is 24.4 Å². The summed E-state index contributed by atoms with van der Waals surface area (Å²) >= 11 is 5.98. The summed E-state index contributed by atoms with van der Waals surface area (Å²) in [5.41, 5.74) is 1.33. The molecule has 0 atom stereocenters. The predicted molar refractivity (Wildman–Crippen MR) is 81.7 cm³/mol. The van der Waals surface area contributed by atoms with Gasteiger partial charge in [0.05, 0.1) is 11.6 Å². The van der Waals surface area contributed by atoms with E-state index in [1.807, 2.05) is 22.9 Å². The van der Waals surface area contributed by atoms with Crippen molar-refractivity contribution in [3.8, 4) is 0 Å². The Bertz CT molecular complexity index is 959. The van der Waals surface area contributed by atoms with Crippen molar-refractivity contribution in [3.63, 3.8) is 0 Å². The van der Waals surface area contributed by atoms with Crippen molar-refractivity contribution in [1.29, 1.82) is 0 Å². The van der Waals surface area contributed by atoms with Gasteiger partial charge in [0.1, 0.15) is 17.1 Å². The normalized spacial score (nSPS) is 12.5. The maximum atomic E-state index is 11.1. The Morgan fingerprint density at radius 1 is 1.41 bits per heavy atom. The minimum absolute atomic E-state index is 0.266. The SMILES string of the molecule is NS(=O)(=O)c1cc(/C=C/Cn2ccc3c(Cl)ncnc32)co1. The van der Waals surface area contributed by atoms with Gasteiger partial charge in [-0.3, -0.25) is 0 Å². The number of hydrogen-bond donors (Lipinski definition) is 1. The zero-order chi connectivity index (χ0) is 15.7. The standard InChI is InChI=1S/C13H11ClN4O3S/c14-12-10-3-5-18(13(10)17-8-16-12)4-1-2-9-6-11(21-7-9)22(15,19)20/h1-3,5-8H,4H2,(H2,15,19,20)/b2-1+. The molecule has 0 fully saturated rings. The van der Waals surface area contributed by atoms with Crippen LogP contribution in [0.4, 0.5) is 0 Å². The maximum absolute atomic E-state index is 11.1. The average Bonchev–Trinajstić information content (AvgIpc) is 3.07. The Morgan fingerprint density at radius 2 is 2.23 bits per heavy atom. The molecule has 7 nitrogen and oxygen atoms in total. The van der Waals surface area contributed by atoms with Crippen LogP contribution in [0.5, 0.6) is 0 Å². The molecule has 3 aromatic heterocycles. The van der Waals surface area contributed by atoms with Gasteiger partial charge >= 0.3 is 0 Å². The van der Waals surface area contributed by atoms with Gasteiger partial charge in [-0.2, -0.15) is 0 Å². The number of allylic oxidation sites excluding steroid dienone is 1. The number of primary sulfonamides is 1. The van der Waals surface area contributed by atoms with Gasteiger partial charge in [-0.15, -0.1) is 0 Å². The molecule has 3 rings (SSSR count). The topological polar surface area (TPSA) is 104 Å². The van der Waals surface area contributed by atoms with Crippen LogP contribution in [0.2, 0.25) is 5.15 Å². The number of rotatable bonds is 4. The lowest BCUT2D eigenvalue weighted by Gasteiger charge is -1.99. The fourth-order valence-corrected chi connectivity index (χ4v) is 2.66. The second-order valence-corrected chi connectivity index (χ2v) is 6.37. The third-order valence-corrected chi connectivity index (χ3v) is 4.07. The Labute approximate surface area is 131 Å². The molecule has 0 amide bonds. The van der Waals surface area contributed by atoms with Crippen molar-refractivity contribution in [2.45, 2.75) is 11.6 Å². The summed E-state index contributed by atoms with van der Waals surface area (Å²) in [7, 11) is -3.82. The van der Waals surface area contributed by atoms with E-state index in [1.54, 1.807) is 6.08 Å². The molecular weight excluding hydrogens is 328 g/mol. The van der Waals surface area contributed by atoms with E-state index < -0.39 is 10.0 Å². The Kier molecular flexibility index (Phi) is 3.73. The average molecular weight is 339 g/mol. The molecule has 0 aliphatic heterocycles. The van der Waals surface area contributed by atoms with E-state index in [1.165, 1.54) is 18.7 Å². The zero-order valence-corrected chi connectivity index (χ0v) is 12.8. The highest BCUT2D eigenvalue weighted by atomic mass is 35.5. The van der Waals surface area contributed by atoms with E-state index in [0.717, 1.165) is 11.0 Å². The van der Waals surface area contributed by atoms with Gasteiger partial charge in [-0.1, -0.05) is 23.8 Å². The number of hydrogen-bond acceptors (Lipinski definition) is 5. The minimum atomic E-state index is -3.82. The molecule has 9 heteroatoms. The molecule has 0 bridgehead atoms. The predicted octanol–water partition coefficient (Wildman–Crippen LogP) is 2.04. The first-order valence-electron chi connectivity index (χ1n) is 6.18. The molecule has 0 aliphatic rings. The van der Waals surface area contributed by atoms with E-state index in [4.69, 9.17) is 21.2 Å². The molecule has 0 spiro atoms. The van der Waals surface area contributed by atoms with Gasteiger partial charge in [-0.05, 0) is 6.07 Å². The number of furan rings is 1. The first kappa shape index (κ1) is 14.8. The van der Waals surface area contributed by atoms with Gasteiger partial charge < -0.3 is 8.98 Å². The van der Waals surface area contributed by atoms with Crippen molar-refractivity contribution in [2.24, 2.45) is 5.14 Å². The summed E-state index contributed by atoms with van der Waals surface area (Å²) in [4.78, 5) is 8.10. The lowest BCUT2D eigenvalue weighted by atomic mass is 10.3. The molecule has 114 valence electrons. The summed E-state index contributed by atoms with van der Waals surface area (Å²) in [6.07, 6.45) is 8.14. The lowest BCUT2D eigenvalue weighted by Crippen LogP contribution is -2.10. The van der Waals surface area contributed by atoms with E-state index in [2.05, 4.69) is 9.97 Å². The molecule has 0 aromatic carbocycles. The summed E-state index contributed by atoms with van der Waals surface area (Å²) in [6.45, 7) is 0.534. The number of aromatic nitrogens is 3. The Morgan fingerprint density at radius 3 is 2.95 bits per heavy atom. The number of nitrogens with two attached hydrogens (primary N) is 1. The van der Waals surface area contributed by atoms with Crippen molar-refractivity contribution in [3.05, 3.63) is 47.7 Å². The van der Waals surface area contributed by atoms with Crippen LogP contribution in [0.1, 0.15) is 5.56 Å². The van der Waals surface area contributed by atoms with Gasteiger partial charge in [0.15, 0.2) is 0 Å². The summed E-state index contributed by atoms with van der Waals surface area (Å²) in [5, 5.41) is 5.89. The first-order chi connectivity index (χ1) is 10.4. The number of sulfonamides is 1. The number of halogens is 1. The maximum Gasteiger partial charge on any atom is 0.271 e. The quantitative estimate of drug-likeness (QED) is 0.733. The molecule has 0 saturated carbocycles. The third kappa shape index (κ3) is 2.89. The number of nitrogens with zero attached hydrogens (tertiary/aromatic N) is 3. The molecule has 2 N–H and O–H groups in total. The zero-order valence-electron chi connectivity index (χ0n) is 11.2. The van der Waals surface area contributed by atoms with Gasteiger partial charge in [0.25, 0.3) is 10.0 Å². The molecule has 3 heterocycles. The summed E-state index contributed by atoms with van der Waals surface area (Å²) in [5.74, 6) is 0. The van der Waals surface area contributed by atoms with Crippen LogP contribution < -0.4 is 5.14 Å². The van der Waals surface area contributed by atoms with Crippen molar-refractivity contribution in [1.82, 2.24) is 14.5 Å². The van der Waals surface area contributed by atoms with E-state index in [-0.39, 0.29) is 5.09 Å². The van der Waals surface area contributed by atoms with Crippen LogP contribution >= 0.6 is 11.6 Å². The highest BCUT2D eigenvalue weighted by Crippen LogP contribution is 2.20. The fourth-order valence-electron chi connectivity index (χ4n) is 1.99. The molecule has 0 unspecified atom stereocenters. The van der Waals surface area contributed by atoms with E-state index in [0.29, 0.717) is 17.3 Å². The van der Waals surface area contributed by atoms with Crippen LogP contribution in [-0.4, -0.2) is 23.0 Å². The number of fused-ring (bicyclic) bond motifs is 1. The molecule has 0 radical (unpaired) electrons. The van der Waals surface area contributed by atoms with Gasteiger partial charge in [0.2, 0.25) is 5.09 Å². The van der Waals surface area contributed by atoms with Gasteiger partial charge in [-0.25, -0.2) is 23.5 Å². The van der Waals surface area contributed by atoms with Crippen molar-refractivity contribution >= 4 is 38.7 Å².